The highest BCUT2D eigenvalue weighted by Crippen LogP contribution is 2.43. The Morgan fingerprint density at radius 2 is 1.56 bits per heavy atom. The van der Waals surface area contributed by atoms with Crippen LogP contribution in [0.15, 0.2) is 48.5 Å². The summed E-state index contributed by atoms with van der Waals surface area (Å²) in [4.78, 5) is 0. The Morgan fingerprint density at radius 1 is 0.944 bits per heavy atom. The molecule has 2 aromatic carbocycles. The van der Waals surface area contributed by atoms with E-state index in [0.717, 1.165) is 11.1 Å². The zero-order valence-electron chi connectivity index (χ0n) is 10.0. The topological polar surface area (TPSA) is 20.2 Å². The molecule has 0 aromatic heterocycles. The highest BCUT2D eigenvalue weighted by molar-refractivity contribution is 5.39. The van der Waals surface area contributed by atoms with E-state index in [9.17, 15) is 9.50 Å². The van der Waals surface area contributed by atoms with Crippen molar-refractivity contribution in [3.8, 4) is 0 Å². The summed E-state index contributed by atoms with van der Waals surface area (Å²) in [5.41, 5.74) is 2.35. The Morgan fingerprint density at radius 3 is 2.22 bits per heavy atom. The van der Waals surface area contributed by atoms with Gasteiger partial charge >= 0.3 is 0 Å². The third-order valence-corrected chi connectivity index (χ3v) is 3.51. The molecule has 1 atom stereocenters. The summed E-state index contributed by atoms with van der Waals surface area (Å²) < 4.78 is 13.7. The van der Waals surface area contributed by atoms with Crippen LogP contribution in [-0.2, 0) is 0 Å². The van der Waals surface area contributed by atoms with Crippen molar-refractivity contribution < 1.29 is 9.50 Å². The average Bonchev–Trinajstić information content (AvgIpc) is 3.23. The molecule has 1 aliphatic carbocycles. The van der Waals surface area contributed by atoms with E-state index in [4.69, 9.17) is 0 Å². The second kappa shape index (κ2) is 4.54. The molecular formula is C16H15FO. The van der Waals surface area contributed by atoms with Gasteiger partial charge in [-0.15, -0.1) is 0 Å². The van der Waals surface area contributed by atoms with Crippen molar-refractivity contribution in [2.45, 2.75) is 24.9 Å². The summed E-state index contributed by atoms with van der Waals surface area (Å²) in [5.74, 6) is 0.193. The lowest BCUT2D eigenvalue weighted by atomic mass is 9.94. The summed E-state index contributed by atoms with van der Waals surface area (Å²) >= 11 is 0. The van der Waals surface area contributed by atoms with Gasteiger partial charge in [0.25, 0.3) is 0 Å². The van der Waals surface area contributed by atoms with Crippen LogP contribution < -0.4 is 0 Å². The van der Waals surface area contributed by atoms with Gasteiger partial charge < -0.3 is 5.11 Å². The Kier molecular flexibility index (Phi) is 2.88. The maximum absolute atomic E-state index is 13.7. The molecule has 2 heteroatoms. The first-order valence-electron chi connectivity index (χ1n) is 6.28. The summed E-state index contributed by atoms with van der Waals surface area (Å²) in [5, 5.41) is 10.4. The number of hydrogen-bond donors (Lipinski definition) is 1. The Bertz CT molecular complexity index is 561. The Hall–Kier alpha value is -1.67. The van der Waals surface area contributed by atoms with Crippen LogP contribution in [0.2, 0.25) is 0 Å². The quantitative estimate of drug-likeness (QED) is 0.868. The van der Waals surface area contributed by atoms with Crippen LogP contribution in [0.1, 0.15) is 41.6 Å². The molecule has 1 N–H and O–H groups in total. The van der Waals surface area contributed by atoms with Gasteiger partial charge in [-0.05, 0) is 36.0 Å². The van der Waals surface area contributed by atoms with E-state index >= 15 is 0 Å². The third kappa shape index (κ3) is 2.04. The van der Waals surface area contributed by atoms with Crippen LogP contribution in [0.4, 0.5) is 4.39 Å². The lowest BCUT2D eigenvalue weighted by Crippen LogP contribution is -2.05. The van der Waals surface area contributed by atoms with Gasteiger partial charge in [0.05, 0.1) is 0 Å². The molecule has 0 heterocycles. The number of rotatable bonds is 3. The first-order chi connectivity index (χ1) is 8.77. The minimum atomic E-state index is -0.872. The average molecular weight is 242 g/mol. The molecule has 3 rings (SSSR count). The molecule has 2 aromatic rings. The minimum Gasteiger partial charge on any atom is -0.384 e. The molecule has 1 fully saturated rings. The van der Waals surface area contributed by atoms with Gasteiger partial charge in [-0.1, -0.05) is 42.5 Å². The minimum absolute atomic E-state index is 0.351. The van der Waals surface area contributed by atoms with Crippen molar-refractivity contribution in [2.24, 2.45) is 0 Å². The Balaban J connectivity index is 2.02. The van der Waals surface area contributed by atoms with Crippen molar-refractivity contribution in [1.82, 2.24) is 0 Å². The van der Waals surface area contributed by atoms with E-state index in [0.29, 0.717) is 11.5 Å². The van der Waals surface area contributed by atoms with Crippen molar-refractivity contribution in [1.29, 1.82) is 0 Å². The molecule has 1 aliphatic rings. The second-order valence-electron chi connectivity index (χ2n) is 4.83. The Labute approximate surface area is 106 Å². The number of hydrogen-bond acceptors (Lipinski definition) is 1. The predicted octanol–water partition coefficient (Wildman–Crippen LogP) is 3.78. The van der Waals surface area contributed by atoms with Crippen molar-refractivity contribution in [3.63, 3.8) is 0 Å². The van der Waals surface area contributed by atoms with E-state index in [1.165, 1.54) is 18.9 Å². The number of aliphatic hydroxyl groups is 1. The second-order valence-corrected chi connectivity index (χ2v) is 4.83. The third-order valence-electron chi connectivity index (χ3n) is 3.51. The van der Waals surface area contributed by atoms with E-state index in [2.05, 4.69) is 0 Å². The molecule has 0 spiro atoms. The van der Waals surface area contributed by atoms with E-state index in [-0.39, 0.29) is 5.82 Å². The number of aliphatic hydroxyl groups excluding tert-OH is 1. The summed E-state index contributed by atoms with van der Waals surface area (Å²) in [6.07, 6.45) is 1.46. The number of benzene rings is 2. The zero-order valence-corrected chi connectivity index (χ0v) is 10.0. The van der Waals surface area contributed by atoms with Crippen LogP contribution in [0.5, 0.6) is 0 Å². The molecule has 1 nitrogen and oxygen atoms in total. The molecule has 18 heavy (non-hydrogen) atoms. The molecule has 1 unspecified atom stereocenters. The van der Waals surface area contributed by atoms with Crippen LogP contribution in [0, 0.1) is 5.82 Å². The summed E-state index contributed by atoms with van der Waals surface area (Å²) in [7, 11) is 0. The molecule has 92 valence electrons. The molecule has 0 radical (unpaired) electrons. The fraction of sp³-hybridized carbons (Fsp3) is 0.250. The first kappa shape index (κ1) is 11.4. The predicted molar refractivity (Wildman–Crippen MR) is 68.9 cm³/mol. The molecule has 0 bridgehead atoms. The standard InChI is InChI=1S/C16H15FO/c17-15-8-4-3-7-14(15)16(18)13-6-2-1-5-12(13)11-9-10-11/h1-8,11,16,18H,9-10H2. The number of halogens is 1. The maximum Gasteiger partial charge on any atom is 0.129 e. The fourth-order valence-electron chi connectivity index (χ4n) is 2.39. The van der Waals surface area contributed by atoms with E-state index in [1.807, 2.05) is 24.3 Å². The van der Waals surface area contributed by atoms with Gasteiger partial charge in [-0.3, -0.25) is 0 Å². The lowest BCUT2D eigenvalue weighted by molar-refractivity contribution is 0.214. The first-order valence-corrected chi connectivity index (χ1v) is 6.28. The van der Waals surface area contributed by atoms with Crippen molar-refractivity contribution >= 4 is 0 Å². The van der Waals surface area contributed by atoms with Gasteiger partial charge in [0.1, 0.15) is 11.9 Å². The van der Waals surface area contributed by atoms with Crippen molar-refractivity contribution in [3.05, 3.63) is 71.0 Å². The fourth-order valence-corrected chi connectivity index (χ4v) is 2.39. The van der Waals surface area contributed by atoms with Gasteiger partial charge in [-0.2, -0.15) is 0 Å². The normalized spacial score (nSPS) is 16.6. The lowest BCUT2D eigenvalue weighted by Gasteiger charge is -2.16. The van der Waals surface area contributed by atoms with Gasteiger partial charge in [0.2, 0.25) is 0 Å². The largest absolute Gasteiger partial charge is 0.384 e. The smallest absolute Gasteiger partial charge is 0.129 e. The van der Waals surface area contributed by atoms with Crippen molar-refractivity contribution in [2.75, 3.05) is 0 Å². The zero-order chi connectivity index (χ0) is 12.5. The monoisotopic (exact) mass is 242 g/mol. The van der Waals surface area contributed by atoms with Crippen LogP contribution in [0.25, 0.3) is 0 Å². The highest BCUT2D eigenvalue weighted by Gasteiger charge is 2.28. The van der Waals surface area contributed by atoms with E-state index in [1.54, 1.807) is 18.2 Å². The van der Waals surface area contributed by atoms with E-state index < -0.39 is 6.10 Å². The van der Waals surface area contributed by atoms with Gasteiger partial charge in [0.15, 0.2) is 0 Å². The molecular weight excluding hydrogens is 227 g/mol. The SMILES string of the molecule is OC(c1ccccc1F)c1ccccc1C1CC1. The van der Waals surface area contributed by atoms with Crippen LogP contribution in [-0.4, -0.2) is 5.11 Å². The molecule has 0 amide bonds. The maximum atomic E-state index is 13.7. The summed E-state index contributed by atoms with van der Waals surface area (Å²) in [6, 6.07) is 14.2. The van der Waals surface area contributed by atoms with Gasteiger partial charge in [0, 0.05) is 5.56 Å². The highest BCUT2D eigenvalue weighted by atomic mass is 19.1. The van der Waals surface area contributed by atoms with Crippen LogP contribution in [0.3, 0.4) is 0 Å². The molecule has 0 aliphatic heterocycles. The molecule has 0 saturated heterocycles. The molecule has 1 saturated carbocycles. The van der Waals surface area contributed by atoms with Gasteiger partial charge in [-0.25, -0.2) is 4.39 Å². The summed E-state index contributed by atoms with van der Waals surface area (Å²) in [6.45, 7) is 0. The van der Waals surface area contributed by atoms with Crippen LogP contribution >= 0.6 is 0 Å².